The van der Waals surface area contributed by atoms with Gasteiger partial charge in [-0.05, 0) is 81.0 Å². The number of methoxy groups -OCH3 is 1. The molecule has 1 saturated carbocycles. The first-order valence-corrected chi connectivity index (χ1v) is 12.9. The number of carbonyl (C=O) groups excluding carboxylic acids is 1. The first kappa shape index (κ1) is 25.0. The SMILES string of the molecule is COc1ccc(NC(=O)N[C@H]2CC[C@H](CCN3CCN(c4cccc(Cl)c4Cl)CC3)CC2)cc1. The fourth-order valence-corrected chi connectivity index (χ4v) is 5.35. The van der Waals surface area contributed by atoms with Crippen molar-refractivity contribution >= 4 is 40.6 Å². The van der Waals surface area contributed by atoms with Gasteiger partial charge in [-0.15, -0.1) is 0 Å². The van der Waals surface area contributed by atoms with Gasteiger partial charge >= 0.3 is 6.03 Å². The molecule has 2 aromatic carbocycles. The van der Waals surface area contributed by atoms with Gasteiger partial charge in [0, 0.05) is 37.9 Å². The monoisotopic (exact) mass is 504 g/mol. The van der Waals surface area contributed by atoms with Crippen molar-refractivity contribution in [1.82, 2.24) is 10.2 Å². The Bertz CT molecular complexity index is 940. The Hall–Kier alpha value is -2.15. The smallest absolute Gasteiger partial charge is 0.319 e. The van der Waals surface area contributed by atoms with Gasteiger partial charge in [0.25, 0.3) is 0 Å². The summed E-state index contributed by atoms with van der Waals surface area (Å²) in [6.07, 6.45) is 5.66. The first-order valence-electron chi connectivity index (χ1n) is 12.1. The number of urea groups is 1. The van der Waals surface area contributed by atoms with Crippen LogP contribution in [0.5, 0.6) is 5.75 Å². The quantitative estimate of drug-likeness (QED) is 0.493. The van der Waals surface area contributed by atoms with Crippen molar-refractivity contribution in [3.8, 4) is 5.75 Å². The summed E-state index contributed by atoms with van der Waals surface area (Å²) in [5, 5.41) is 7.31. The van der Waals surface area contributed by atoms with Crippen molar-refractivity contribution in [1.29, 1.82) is 0 Å². The number of nitrogens with one attached hydrogen (secondary N) is 2. The molecule has 1 heterocycles. The molecule has 0 aromatic heterocycles. The molecule has 0 unspecified atom stereocenters. The molecule has 2 N–H and O–H groups in total. The lowest BCUT2D eigenvalue weighted by molar-refractivity contribution is 0.208. The molecule has 2 fully saturated rings. The van der Waals surface area contributed by atoms with Crippen molar-refractivity contribution in [2.75, 3.05) is 50.1 Å². The predicted molar refractivity (Wildman–Crippen MR) is 141 cm³/mol. The van der Waals surface area contributed by atoms with Crippen molar-refractivity contribution < 1.29 is 9.53 Å². The van der Waals surface area contributed by atoms with E-state index in [1.54, 1.807) is 7.11 Å². The minimum Gasteiger partial charge on any atom is -0.497 e. The Morgan fingerprint density at radius 2 is 1.71 bits per heavy atom. The van der Waals surface area contributed by atoms with Crippen molar-refractivity contribution in [2.24, 2.45) is 5.92 Å². The van der Waals surface area contributed by atoms with Crippen molar-refractivity contribution in [3.05, 3.63) is 52.5 Å². The maximum Gasteiger partial charge on any atom is 0.319 e. The molecule has 2 amide bonds. The van der Waals surface area contributed by atoms with E-state index in [4.69, 9.17) is 27.9 Å². The number of piperazine rings is 1. The van der Waals surface area contributed by atoms with Gasteiger partial charge in [-0.3, -0.25) is 4.90 Å². The van der Waals surface area contributed by atoms with E-state index in [9.17, 15) is 4.79 Å². The van der Waals surface area contributed by atoms with Crippen LogP contribution in [-0.2, 0) is 0 Å². The normalized spacial score (nSPS) is 21.2. The molecule has 1 aliphatic heterocycles. The highest BCUT2D eigenvalue weighted by molar-refractivity contribution is 6.43. The molecule has 8 heteroatoms. The molecule has 1 saturated heterocycles. The third kappa shape index (κ3) is 6.71. The number of halogens is 2. The van der Waals surface area contributed by atoms with Crippen LogP contribution in [0.25, 0.3) is 0 Å². The van der Waals surface area contributed by atoms with Gasteiger partial charge in [0.1, 0.15) is 5.75 Å². The van der Waals surface area contributed by atoms with Crippen LogP contribution in [0.1, 0.15) is 32.1 Å². The molecular weight excluding hydrogens is 471 g/mol. The number of nitrogens with zero attached hydrogens (tertiary/aromatic N) is 2. The number of carbonyl (C=O) groups is 1. The number of amides is 2. The van der Waals surface area contributed by atoms with Gasteiger partial charge in [-0.1, -0.05) is 29.3 Å². The lowest BCUT2D eigenvalue weighted by atomic mass is 9.84. The highest BCUT2D eigenvalue weighted by atomic mass is 35.5. The van der Waals surface area contributed by atoms with Crippen LogP contribution in [0.4, 0.5) is 16.2 Å². The number of benzene rings is 2. The third-order valence-corrected chi connectivity index (χ3v) is 7.84. The molecule has 0 bridgehead atoms. The predicted octanol–water partition coefficient (Wildman–Crippen LogP) is 5.89. The molecule has 184 valence electrons. The Balaban J connectivity index is 1.12. The molecule has 0 atom stereocenters. The van der Waals surface area contributed by atoms with E-state index in [-0.39, 0.29) is 12.1 Å². The fourth-order valence-electron chi connectivity index (χ4n) is 4.94. The van der Waals surface area contributed by atoms with Crippen LogP contribution >= 0.6 is 23.2 Å². The molecule has 34 heavy (non-hydrogen) atoms. The van der Waals surface area contributed by atoms with Gasteiger partial charge in [0.15, 0.2) is 0 Å². The van der Waals surface area contributed by atoms with Gasteiger partial charge in [0.2, 0.25) is 0 Å². The maximum atomic E-state index is 12.3. The number of rotatable bonds is 7. The molecule has 2 aliphatic rings. The minimum atomic E-state index is -0.133. The van der Waals surface area contributed by atoms with Crippen LogP contribution in [0.3, 0.4) is 0 Å². The van der Waals surface area contributed by atoms with E-state index < -0.39 is 0 Å². The zero-order valence-corrected chi connectivity index (χ0v) is 21.2. The van der Waals surface area contributed by atoms with Crippen LogP contribution in [-0.4, -0.2) is 56.8 Å². The minimum absolute atomic E-state index is 0.133. The summed E-state index contributed by atoms with van der Waals surface area (Å²) >= 11 is 12.6. The number of hydrogen-bond donors (Lipinski definition) is 2. The number of ether oxygens (including phenoxy) is 1. The third-order valence-electron chi connectivity index (χ3n) is 7.03. The Morgan fingerprint density at radius 1 is 1.00 bits per heavy atom. The molecule has 0 radical (unpaired) electrons. The summed E-state index contributed by atoms with van der Waals surface area (Å²) < 4.78 is 5.15. The van der Waals surface area contributed by atoms with Gasteiger partial charge in [-0.25, -0.2) is 4.79 Å². The van der Waals surface area contributed by atoms with E-state index >= 15 is 0 Å². The largest absolute Gasteiger partial charge is 0.497 e. The van der Waals surface area contributed by atoms with Crippen LogP contribution < -0.4 is 20.3 Å². The zero-order chi connectivity index (χ0) is 23.9. The highest BCUT2D eigenvalue weighted by Gasteiger charge is 2.24. The van der Waals surface area contributed by atoms with Gasteiger partial charge < -0.3 is 20.3 Å². The molecule has 4 rings (SSSR count). The Morgan fingerprint density at radius 3 is 2.38 bits per heavy atom. The maximum absolute atomic E-state index is 12.3. The van der Waals surface area contributed by atoms with E-state index in [2.05, 4.69) is 20.4 Å². The summed E-state index contributed by atoms with van der Waals surface area (Å²) in [5.74, 6) is 1.51. The molecule has 6 nitrogen and oxygen atoms in total. The van der Waals surface area contributed by atoms with Gasteiger partial charge in [-0.2, -0.15) is 0 Å². The lowest BCUT2D eigenvalue weighted by Crippen LogP contribution is -2.47. The highest BCUT2D eigenvalue weighted by Crippen LogP contribution is 2.33. The van der Waals surface area contributed by atoms with Crippen LogP contribution in [0, 0.1) is 5.92 Å². The summed E-state index contributed by atoms with van der Waals surface area (Å²) in [6.45, 7) is 5.18. The summed E-state index contributed by atoms with van der Waals surface area (Å²) in [6, 6.07) is 13.3. The first-order chi connectivity index (χ1) is 16.5. The van der Waals surface area contributed by atoms with E-state index in [1.165, 1.54) is 19.3 Å². The molecule has 2 aromatic rings. The van der Waals surface area contributed by atoms with Gasteiger partial charge in [0.05, 0.1) is 22.8 Å². The standard InChI is InChI=1S/C26H34Cl2N4O2/c1-34-22-11-9-21(10-12-22)30-26(33)29-20-7-5-19(6-8-20)13-14-31-15-17-32(18-16-31)24-4-2-3-23(27)25(24)28/h2-4,9-12,19-20H,5-8,13-18H2,1H3,(H2,29,30,33)/t19-,20-. The second kappa shape index (κ2) is 12.0. The average molecular weight is 505 g/mol. The Kier molecular flexibility index (Phi) is 8.81. The van der Waals surface area contributed by atoms with E-state index in [0.717, 1.165) is 68.6 Å². The lowest BCUT2D eigenvalue weighted by Gasteiger charge is -2.37. The zero-order valence-electron chi connectivity index (χ0n) is 19.7. The molecular formula is C26H34Cl2N4O2. The topological polar surface area (TPSA) is 56.8 Å². The molecule has 0 spiro atoms. The fraction of sp³-hybridized carbons (Fsp3) is 0.500. The molecule has 1 aliphatic carbocycles. The average Bonchev–Trinajstić information content (AvgIpc) is 2.86. The number of anilines is 2. The van der Waals surface area contributed by atoms with Crippen molar-refractivity contribution in [3.63, 3.8) is 0 Å². The summed E-state index contributed by atoms with van der Waals surface area (Å²) in [4.78, 5) is 17.2. The second-order valence-electron chi connectivity index (χ2n) is 9.23. The second-order valence-corrected chi connectivity index (χ2v) is 10.0. The van der Waals surface area contributed by atoms with Crippen molar-refractivity contribution in [2.45, 2.75) is 38.1 Å². The van der Waals surface area contributed by atoms with E-state index in [1.807, 2.05) is 42.5 Å². The van der Waals surface area contributed by atoms with Crippen LogP contribution in [0.2, 0.25) is 10.0 Å². The summed E-state index contributed by atoms with van der Waals surface area (Å²) in [5.41, 5.74) is 1.81. The van der Waals surface area contributed by atoms with Crippen LogP contribution in [0.15, 0.2) is 42.5 Å². The number of hydrogen-bond acceptors (Lipinski definition) is 4. The summed E-state index contributed by atoms with van der Waals surface area (Å²) in [7, 11) is 1.63. The van der Waals surface area contributed by atoms with E-state index in [0.29, 0.717) is 10.0 Å². The Labute approximate surface area is 212 Å².